The largest absolute Gasteiger partial charge is 0.356 e. The summed E-state index contributed by atoms with van der Waals surface area (Å²) in [5.74, 6) is -1.28. The Kier molecular flexibility index (Phi) is 13.6. The normalized spacial score (nSPS) is 12.2. The Morgan fingerprint density at radius 3 is 1.86 bits per heavy atom. The van der Waals surface area contributed by atoms with Gasteiger partial charge in [0.2, 0.25) is 23.6 Å². The predicted octanol–water partition coefficient (Wildman–Crippen LogP) is -1.13. The second-order valence-corrected chi connectivity index (χ2v) is 6.62. The lowest BCUT2D eigenvalue weighted by atomic mass is 10.1. The van der Waals surface area contributed by atoms with Crippen molar-refractivity contribution in [3.63, 3.8) is 0 Å². The van der Waals surface area contributed by atoms with Crippen molar-refractivity contribution in [1.29, 1.82) is 0 Å². The van der Waals surface area contributed by atoms with Crippen LogP contribution in [0.5, 0.6) is 0 Å². The van der Waals surface area contributed by atoms with Crippen molar-refractivity contribution < 1.29 is 24.0 Å². The third kappa shape index (κ3) is 13.9. The molecule has 0 aliphatic heterocycles. The lowest BCUT2D eigenvalue weighted by Gasteiger charge is -2.23. The molecule has 0 unspecified atom stereocenters. The molecule has 2 atom stereocenters. The monoisotopic (exact) mass is 414 g/mol. The topological polar surface area (TPSA) is 172 Å². The number of primary amides is 1. The van der Waals surface area contributed by atoms with Crippen molar-refractivity contribution >= 4 is 29.7 Å². The molecule has 0 aliphatic rings. The summed E-state index contributed by atoms with van der Waals surface area (Å²) in [6.07, 6.45) is 2.37. The molecule has 0 saturated carbocycles. The first-order valence-corrected chi connectivity index (χ1v) is 9.80. The maximum atomic E-state index is 12.6. The third-order valence-electron chi connectivity index (χ3n) is 3.94. The van der Waals surface area contributed by atoms with E-state index >= 15 is 0 Å². The Bertz CT molecular complexity index is 569. The van der Waals surface area contributed by atoms with Gasteiger partial charge in [0.1, 0.15) is 12.1 Å². The standard InChI is InChI=1S/C18H34N6O5/c1-4-20-16(27)14(9-7-11-22-18(19)29)24-17(28)15(23-13(3)26)8-5-6-10-21-12(2)25/h14-15H,4-11H2,1-3H3,(H,20,27)(H,21,25)(H,23,26)(H,24,28)(H3,19,22,29)/t14-,15-/m0/s1. The van der Waals surface area contributed by atoms with E-state index in [1.807, 2.05) is 0 Å². The maximum Gasteiger partial charge on any atom is 0.312 e. The molecule has 7 N–H and O–H groups in total. The zero-order valence-corrected chi connectivity index (χ0v) is 17.4. The minimum Gasteiger partial charge on any atom is -0.356 e. The van der Waals surface area contributed by atoms with Crippen LogP contribution < -0.4 is 32.3 Å². The Morgan fingerprint density at radius 2 is 1.31 bits per heavy atom. The Morgan fingerprint density at radius 1 is 0.724 bits per heavy atom. The maximum absolute atomic E-state index is 12.6. The second-order valence-electron chi connectivity index (χ2n) is 6.62. The van der Waals surface area contributed by atoms with Crippen LogP contribution in [-0.2, 0) is 19.2 Å². The molecule has 0 spiro atoms. The van der Waals surface area contributed by atoms with Gasteiger partial charge in [0.15, 0.2) is 0 Å². The van der Waals surface area contributed by atoms with Gasteiger partial charge in [-0.25, -0.2) is 4.79 Å². The van der Waals surface area contributed by atoms with Gasteiger partial charge in [0.05, 0.1) is 0 Å². The minimum absolute atomic E-state index is 0.128. The highest BCUT2D eigenvalue weighted by atomic mass is 16.2. The molecule has 0 aliphatic carbocycles. The molecular weight excluding hydrogens is 380 g/mol. The van der Waals surface area contributed by atoms with Crippen LogP contribution in [0.1, 0.15) is 52.9 Å². The van der Waals surface area contributed by atoms with Crippen LogP contribution in [0.4, 0.5) is 4.79 Å². The van der Waals surface area contributed by atoms with Gasteiger partial charge in [0.25, 0.3) is 0 Å². The number of rotatable bonds is 14. The number of hydrogen-bond acceptors (Lipinski definition) is 5. The van der Waals surface area contributed by atoms with E-state index in [9.17, 15) is 24.0 Å². The minimum atomic E-state index is -0.798. The lowest BCUT2D eigenvalue weighted by molar-refractivity contribution is -0.132. The van der Waals surface area contributed by atoms with Gasteiger partial charge in [-0.1, -0.05) is 0 Å². The Balaban J connectivity index is 4.80. The number of urea groups is 1. The fraction of sp³-hybridized carbons (Fsp3) is 0.722. The molecule has 166 valence electrons. The number of likely N-dealkylation sites (N-methyl/N-ethyl adjacent to an activating group) is 1. The number of carbonyl (C=O) groups excluding carboxylic acids is 5. The van der Waals surface area contributed by atoms with Gasteiger partial charge in [-0.3, -0.25) is 19.2 Å². The van der Waals surface area contributed by atoms with Crippen molar-refractivity contribution in [2.24, 2.45) is 5.73 Å². The molecule has 29 heavy (non-hydrogen) atoms. The summed E-state index contributed by atoms with van der Waals surface area (Å²) in [6.45, 7) is 5.67. The fourth-order valence-electron chi connectivity index (χ4n) is 2.61. The molecule has 0 radical (unpaired) electrons. The summed E-state index contributed by atoms with van der Waals surface area (Å²) >= 11 is 0. The van der Waals surface area contributed by atoms with Crippen LogP contribution in [-0.4, -0.2) is 61.4 Å². The number of nitrogens with one attached hydrogen (secondary N) is 5. The van der Waals surface area contributed by atoms with Crippen molar-refractivity contribution in [1.82, 2.24) is 26.6 Å². The van der Waals surface area contributed by atoms with Gasteiger partial charge in [-0.15, -0.1) is 0 Å². The van der Waals surface area contributed by atoms with E-state index in [0.717, 1.165) is 0 Å². The smallest absolute Gasteiger partial charge is 0.312 e. The first-order chi connectivity index (χ1) is 13.7. The second kappa shape index (κ2) is 15.1. The van der Waals surface area contributed by atoms with Crippen molar-refractivity contribution in [2.75, 3.05) is 19.6 Å². The van der Waals surface area contributed by atoms with Gasteiger partial charge in [0, 0.05) is 33.5 Å². The van der Waals surface area contributed by atoms with E-state index in [-0.39, 0.29) is 24.3 Å². The number of hydrogen-bond donors (Lipinski definition) is 6. The highest BCUT2D eigenvalue weighted by molar-refractivity contribution is 5.91. The molecule has 0 aromatic carbocycles. The highest BCUT2D eigenvalue weighted by Crippen LogP contribution is 2.04. The van der Waals surface area contributed by atoms with Crippen LogP contribution >= 0.6 is 0 Å². The quantitative estimate of drug-likeness (QED) is 0.197. The zero-order chi connectivity index (χ0) is 22.2. The molecule has 11 heteroatoms. The fourth-order valence-corrected chi connectivity index (χ4v) is 2.61. The molecule has 0 aromatic rings. The first kappa shape index (κ1) is 26.1. The van der Waals surface area contributed by atoms with E-state index in [1.165, 1.54) is 13.8 Å². The summed E-state index contributed by atoms with van der Waals surface area (Å²) in [6, 6.07) is -2.24. The molecule has 0 fully saturated rings. The SMILES string of the molecule is CCNC(=O)[C@H](CCCNC(N)=O)NC(=O)[C@H](CCCCNC(C)=O)NC(C)=O. The molecule has 11 nitrogen and oxygen atoms in total. The lowest BCUT2D eigenvalue weighted by Crippen LogP contribution is -2.53. The molecule has 0 rings (SSSR count). The average Bonchev–Trinajstić information content (AvgIpc) is 2.62. The molecular formula is C18H34N6O5. The van der Waals surface area contributed by atoms with Crippen molar-refractivity contribution in [3.8, 4) is 0 Å². The van der Waals surface area contributed by atoms with Crippen LogP contribution in [0, 0.1) is 0 Å². The number of nitrogens with two attached hydrogens (primary N) is 1. The first-order valence-electron chi connectivity index (χ1n) is 9.80. The van der Waals surface area contributed by atoms with Gasteiger partial charge in [-0.05, 0) is 39.0 Å². The zero-order valence-electron chi connectivity index (χ0n) is 17.4. The molecule has 0 saturated heterocycles. The van der Waals surface area contributed by atoms with E-state index < -0.39 is 24.0 Å². The third-order valence-corrected chi connectivity index (χ3v) is 3.94. The molecule has 0 bridgehead atoms. The summed E-state index contributed by atoms with van der Waals surface area (Å²) in [5, 5.41) is 13.0. The Labute approximate surface area is 171 Å². The predicted molar refractivity (Wildman–Crippen MR) is 108 cm³/mol. The van der Waals surface area contributed by atoms with E-state index in [0.29, 0.717) is 45.2 Å². The van der Waals surface area contributed by atoms with Gasteiger partial charge in [-0.2, -0.15) is 0 Å². The van der Waals surface area contributed by atoms with Crippen LogP contribution in [0.15, 0.2) is 0 Å². The summed E-state index contributed by atoms with van der Waals surface area (Å²) in [7, 11) is 0. The number of carbonyl (C=O) groups is 5. The van der Waals surface area contributed by atoms with Gasteiger partial charge < -0.3 is 32.3 Å². The van der Waals surface area contributed by atoms with Crippen molar-refractivity contribution in [2.45, 2.75) is 65.0 Å². The van der Waals surface area contributed by atoms with Crippen molar-refractivity contribution in [3.05, 3.63) is 0 Å². The van der Waals surface area contributed by atoms with E-state index in [2.05, 4.69) is 26.6 Å². The van der Waals surface area contributed by atoms with E-state index in [1.54, 1.807) is 6.92 Å². The number of unbranched alkanes of at least 4 members (excludes halogenated alkanes) is 1. The van der Waals surface area contributed by atoms with Crippen LogP contribution in [0.3, 0.4) is 0 Å². The van der Waals surface area contributed by atoms with Gasteiger partial charge >= 0.3 is 6.03 Å². The molecule has 0 heterocycles. The number of amides is 6. The highest BCUT2D eigenvalue weighted by Gasteiger charge is 2.25. The average molecular weight is 415 g/mol. The van der Waals surface area contributed by atoms with E-state index in [4.69, 9.17) is 5.73 Å². The summed E-state index contributed by atoms with van der Waals surface area (Å²) in [4.78, 5) is 58.0. The van der Waals surface area contributed by atoms with Crippen LogP contribution in [0.25, 0.3) is 0 Å². The summed E-state index contributed by atoms with van der Waals surface area (Å²) in [5.41, 5.74) is 5.01. The molecule has 0 aromatic heterocycles. The molecule has 6 amide bonds. The summed E-state index contributed by atoms with van der Waals surface area (Å²) < 4.78 is 0. The Hall–Kier alpha value is -2.85. The van der Waals surface area contributed by atoms with Crippen LogP contribution in [0.2, 0.25) is 0 Å².